The van der Waals surface area contributed by atoms with E-state index in [0.29, 0.717) is 12.0 Å². The van der Waals surface area contributed by atoms with Crippen molar-refractivity contribution in [3.05, 3.63) is 16.1 Å². The van der Waals surface area contributed by atoms with E-state index in [9.17, 15) is 0 Å². The molecule has 2 rings (SSSR count). The average molecular weight is 238 g/mol. The van der Waals surface area contributed by atoms with Crippen molar-refractivity contribution in [3.8, 4) is 0 Å². The van der Waals surface area contributed by atoms with Crippen LogP contribution in [0, 0.1) is 5.92 Å². The molecule has 0 aromatic carbocycles. The molecule has 1 aliphatic carbocycles. The van der Waals surface area contributed by atoms with E-state index in [4.69, 9.17) is 0 Å². The summed E-state index contributed by atoms with van der Waals surface area (Å²) in [5.74, 6) is 1.55. The second kappa shape index (κ2) is 5.28. The maximum Gasteiger partial charge on any atom is 0.107 e. The van der Waals surface area contributed by atoms with Crippen LogP contribution in [0.5, 0.6) is 0 Å². The molecular formula is C13H22N2S. The third-order valence-electron chi connectivity index (χ3n) is 3.15. The minimum absolute atomic E-state index is 0.550. The number of hydrogen-bond donors (Lipinski definition) is 1. The molecule has 1 aromatic heterocycles. The third-order valence-corrected chi connectivity index (χ3v) is 4.01. The number of hydrogen-bond acceptors (Lipinski definition) is 3. The van der Waals surface area contributed by atoms with Crippen LogP contribution in [-0.2, 0) is 6.54 Å². The molecule has 1 N–H and O–H groups in total. The summed E-state index contributed by atoms with van der Waals surface area (Å²) in [5.41, 5.74) is 1.23. The zero-order valence-corrected chi connectivity index (χ0v) is 11.3. The van der Waals surface area contributed by atoms with Crippen molar-refractivity contribution in [2.24, 2.45) is 5.92 Å². The highest BCUT2D eigenvalue weighted by Crippen LogP contribution is 2.33. The summed E-state index contributed by atoms with van der Waals surface area (Å²) in [6.45, 7) is 7.62. The van der Waals surface area contributed by atoms with Crippen LogP contribution in [0.4, 0.5) is 0 Å². The van der Waals surface area contributed by atoms with Gasteiger partial charge in [0, 0.05) is 18.0 Å². The normalized spacial score (nSPS) is 18.0. The van der Waals surface area contributed by atoms with Gasteiger partial charge in [0.1, 0.15) is 5.01 Å². The molecule has 90 valence electrons. The Bertz CT molecular complexity index is 328. The number of aromatic nitrogens is 1. The van der Waals surface area contributed by atoms with E-state index in [1.807, 2.05) is 0 Å². The Hall–Kier alpha value is -0.410. The summed E-state index contributed by atoms with van der Waals surface area (Å²) in [7, 11) is 0. The molecule has 1 fully saturated rings. The quantitative estimate of drug-likeness (QED) is 0.820. The van der Waals surface area contributed by atoms with Gasteiger partial charge < -0.3 is 5.32 Å². The highest BCUT2D eigenvalue weighted by atomic mass is 32.1. The van der Waals surface area contributed by atoms with Crippen LogP contribution in [0.3, 0.4) is 0 Å². The molecule has 1 aromatic rings. The minimum Gasteiger partial charge on any atom is -0.308 e. The van der Waals surface area contributed by atoms with E-state index in [-0.39, 0.29) is 0 Å². The van der Waals surface area contributed by atoms with Crippen LogP contribution < -0.4 is 5.32 Å². The lowest BCUT2D eigenvalue weighted by atomic mass is 10.1. The summed E-state index contributed by atoms with van der Waals surface area (Å²) in [4.78, 5) is 4.63. The largest absolute Gasteiger partial charge is 0.308 e. The lowest BCUT2D eigenvalue weighted by Crippen LogP contribution is -2.25. The first-order valence-corrected chi connectivity index (χ1v) is 7.20. The van der Waals surface area contributed by atoms with Gasteiger partial charge in [-0.2, -0.15) is 0 Å². The van der Waals surface area contributed by atoms with Gasteiger partial charge in [-0.3, -0.25) is 0 Å². The van der Waals surface area contributed by atoms with Crippen molar-refractivity contribution in [1.82, 2.24) is 10.3 Å². The van der Waals surface area contributed by atoms with Gasteiger partial charge in [-0.25, -0.2) is 4.98 Å². The number of nitrogens with zero attached hydrogens (tertiary/aromatic N) is 1. The third kappa shape index (κ3) is 3.56. The highest BCUT2D eigenvalue weighted by Gasteiger charge is 2.23. The molecular weight excluding hydrogens is 216 g/mol. The fourth-order valence-electron chi connectivity index (χ4n) is 1.87. The van der Waals surface area contributed by atoms with E-state index in [1.165, 1.54) is 30.0 Å². The lowest BCUT2D eigenvalue weighted by Gasteiger charge is -2.11. The van der Waals surface area contributed by atoms with Crippen LogP contribution in [0.1, 0.15) is 56.7 Å². The van der Waals surface area contributed by atoms with Crippen LogP contribution >= 0.6 is 11.3 Å². The van der Waals surface area contributed by atoms with Gasteiger partial charge in [-0.15, -0.1) is 11.3 Å². The maximum atomic E-state index is 4.63. The Morgan fingerprint density at radius 1 is 1.44 bits per heavy atom. The Balaban J connectivity index is 1.74. The first kappa shape index (κ1) is 12.1. The van der Waals surface area contributed by atoms with Gasteiger partial charge in [-0.1, -0.05) is 26.7 Å². The smallest absolute Gasteiger partial charge is 0.107 e. The summed E-state index contributed by atoms with van der Waals surface area (Å²) >= 11 is 1.78. The standard InChI is InChI=1S/C13H22N2S/c1-9(2)12-8-16-13(15-12)7-14-10(3)6-11-4-5-11/h8-11,14H,4-7H2,1-3H3. The Labute approximate surface area is 102 Å². The fourth-order valence-corrected chi connectivity index (χ4v) is 2.78. The molecule has 0 bridgehead atoms. The van der Waals surface area contributed by atoms with E-state index >= 15 is 0 Å². The monoisotopic (exact) mass is 238 g/mol. The van der Waals surface area contributed by atoms with Gasteiger partial charge in [0.15, 0.2) is 0 Å². The minimum atomic E-state index is 0.550. The van der Waals surface area contributed by atoms with Gasteiger partial charge in [0.25, 0.3) is 0 Å². The maximum absolute atomic E-state index is 4.63. The molecule has 3 heteroatoms. The van der Waals surface area contributed by atoms with Crippen molar-refractivity contribution in [1.29, 1.82) is 0 Å². The van der Waals surface area contributed by atoms with E-state index in [2.05, 4.69) is 36.5 Å². The fraction of sp³-hybridized carbons (Fsp3) is 0.769. The molecule has 0 aliphatic heterocycles. The first-order chi connectivity index (χ1) is 7.65. The molecule has 1 heterocycles. The van der Waals surface area contributed by atoms with E-state index in [0.717, 1.165) is 12.5 Å². The molecule has 1 unspecified atom stereocenters. The number of rotatable bonds is 6. The Morgan fingerprint density at radius 3 is 2.75 bits per heavy atom. The van der Waals surface area contributed by atoms with Crippen molar-refractivity contribution in [2.75, 3.05) is 0 Å². The van der Waals surface area contributed by atoms with Crippen molar-refractivity contribution in [2.45, 2.75) is 58.5 Å². The molecule has 0 radical (unpaired) electrons. The summed E-state index contributed by atoms with van der Waals surface area (Å²) < 4.78 is 0. The molecule has 1 atom stereocenters. The lowest BCUT2D eigenvalue weighted by molar-refractivity contribution is 0.486. The topological polar surface area (TPSA) is 24.9 Å². The van der Waals surface area contributed by atoms with Crippen LogP contribution in [0.2, 0.25) is 0 Å². The predicted molar refractivity (Wildman–Crippen MR) is 69.8 cm³/mol. The zero-order valence-electron chi connectivity index (χ0n) is 10.5. The first-order valence-electron chi connectivity index (χ1n) is 6.33. The molecule has 16 heavy (non-hydrogen) atoms. The van der Waals surface area contributed by atoms with Crippen molar-refractivity contribution < 1.29 is 0 Å². The molecule has 1 saturated carbocycles. The summed E-state index contributed by atoms with van der Waals surface area (Å²) in [6.07, 6.45) is 4.23. The summed E-state index contributed by atoms with van der Waals surface area (Å²) in [5, 5.41) is 6.99. The molecule has 0 spiro atoms. The van der Waals surface area contributed by atoms with Crippen molar-refractivity contribution in [3.63, 3.8) is 0 Å². The molecule has 2 nitrogen and oxygen atoms in total. The van der Waals surface area contributed by atoms with E-state index < -0.39 is 0 Å². The van der Waals surface area contributed by atoms with Crippen LogP contribution in [-0.4, -0.2) is 11.0 Å². The van der Waals surface area contributed by atoms with Gasteiger partial charge in [0.05, 0.1) is 5.69 Å². The van der Waals surface area contributed by atoms with E-state index in [1.54, 1.807) is 11.3 Å². The molecule has 0 amide bonds. The number of thiazole rings is 1. The second-order valence-electron chi connectivity index (χ2n) is 5.28. The molecule has 0 saturated heterocycles. The van der Waals surface area contributed by atoms with Crippen molar-refractivity contribution >= 4 is 11.3 Å². The average Bonchev–Trinajstić information content (AvgIpc) is 2.91. The molecule has 1 aliphatic rings. The van der Waals surface area contributed by atoms with Gasteiger partial charge in [-0.05, 0) is 25.2 Å². The predicted octanol–water partition coefficient (Wildman–Crippen LogP) is 3.54. The zero-order chi connectivity index (χ0) is 11.5. The second-order valence-corrected chi connectivity index (χ2v) is 6.22. The van der Waals surface area contributed by atoms with Crippen LogP contribution in [0.25, 0.3) is 0 Å². The number of nitrogens with one attached hydrogen (secondary N) is 1. The highest BCUT2D eigenvalue weighted by molar-refractivity contribution is 7.09. The summed E-state index contributed by atoms with van der Waals surface area (Å²) in [6, 6.07) is 0.638. The SMILES string of the molecule is CC(CC1CC1)NCc1nc(C(C)C)cs1. The Morgan fingerprint density at radius 2 is 2.19 bits per heavy atom. The van der Waals surface area contributed by atoms with Gasteiger partial charge in [0.2, 0.25) is 0 Å². The van der Waals surface area contributed by atoms with Crippen LogP contribution in [0.15, 0.2) is 5.38 Å². The van der Waals surface area contributed by atoms with Gasteiger partial charge >= 0.3 is 0 Å². The Kier molecular flexibility index (Phi) is 3.98.